The van der Waals surface area contributed by atoms with Crippen molar-refractivity contribution in [2.75, 3.05) is 0 Å². The lowest BCUT2D eigenvalue weighted by Crippen LogP contribution is -2.21. The Morgan fingerprint density at radius 2 is 1.74 bits per heavy atom. The second-order valence-electron chi connectivity index (χ2n) is 8.39. The topological polar surface area (TPSA) is 34.9 Å². The van der Waals surface area contributed by atoms with Gasteiger partial charge >= 0.3 is 0 Å². The standard InChI is InChI=1S/C25H22ClFN2OS/c1-25(2,3)17-10-8-16(9-11-17)15-31-24-28-22-7-5-4-6-19(22)23(30)29(24)18-12-13-21(27)20(26)14-18/h4-14H,15H2,1-3H3. The third-order valence-corrected chi connectivity index (χ3v) is 6.39. The van der Waals surface area contributed by atoms with E-state index in [1.807, 2.05) is 12.1 Å². The molecule has 0 spiro atoms. The Morgan fingerprint density at radius 1 is 1.03 bits per heavy atom. The summed E-state index contributed by atoms with van der Waals surface area (Å²) >= 11 is 7.46. The van der Waals surface area contributed by atoms with Gasteiger partial charge in [-0.2, -0.15) is 0 Å². The number of hydrogen-bond donors (Lipinski definition) is 0. The molecule has 0 N–H and O–H groups in total. The molecule has 158 valence electrons. The van der Waals surface area contributed by atoms with Crippen LogP contribution < -0.4 is 5.56 Å². The molecular formula is C25H22ClFN2OS. The second-order valence-corrected chi connectivity index (χ2v) is 9.74. The van der Waals surface area contributed by atoms with E-state index < -0.39 is 5.82 Å². The first kappa shape index (κ1) is 21.6. The van der Waals surface area contributed by atoms with E-state index >= 15 is 0 Å². The van der Waals surface area contributed by atoms with Crippen LogP contribution in [0.25, 0.3) is 16.6 Å². The van der Waals surface area contributed by atoms with E-state index in [1.165, 1.54) is 34.0 Å². The smallest absolute Gasteiger partial charge is 0.266 e. The average molecular weight is 453 g/mol. The van der Waals surface area contributed by atoms with Crippen LogP contribution in [0.3, 0.4) is 0 Å². The monoisotopic (exact) mass is 452 g/mol. The van der Waals surface area contributed by atoms with Gasteiger partial charge in [-0.05, 0) is 46.9 Å². The lowest BCUT2D eigenvalue weighted by atomic mass is 9.87. The number of thioether (sulfide) groups is 1. The summed E-state index contributed by atoms with van der Waals surface area (Å²) in [5.74, 6) is 0.116. The molecule has 0 amide bonds. The highest BCUT2D eigenvalue weighted by atomic mass is 35.5. The molecule has 1 aromatic heterocycles. The predicted molar refractivity (Wildman–Crippen MR) is 127 cm³/mol. The fourth-order valence-corrected chi connectivity index (χ4v) is 4.45. The first-order valence-electron chi connectivity index (χ1n) is 9.93. The van der Waals surface area contributed by atoms with Gasteiger partial charge in [-0.25, -0.2) is 9.37 Å². The minimum absolute atomic E-state index is 0.0359. The second kappa shape index (κ2) is 8.48. The van der Waals surface area contributed by atoms with E-state index in [9.17, 15) is 9.18 Å². The molecule has 0 atom stereocenters. The highest BCUT2D eigenvalue weighted by Crippen LogP contribution is 2.28. The Balaban J connectivity index is 1.75. The van der Waals surface area contributed by atoms with Gasteiger partial charge in [-0.3, -0.25) is 9.36 Å². The Kier molecular flexibility index (Phi) is 5.91. The summed E-state index contributed by atoms with van der Waals surface area (Å²) in [6, 6.07) is 20.0. The summed E-state index contributed by atoms with van der Waals surface area (Å²) in [6.45, 7) is 6.55. The lowest BCUT2D eigenvalue weighted by Gasteiger charge is -2.19. The molecule has 0 aliphatic carbocycles. The molecule has 0 unspecified atom stereocenters. The van der Waals surface area contributed by atoms with Crippen molar-refractivity contribution in [3.05, 3.63) is 99.1 Å². The summed E-state index contributed by atoms with van der Waals surface area (Å²) in [6.07, 6.45) is 0. The summed E-state index contributed by atoms with van der Waals surface area (Å²) < 4.78 is 15.2. The molecule has 3 nitrogen and oxygen atoms in total. The average Bonchev–Trinajstić information content (AvgIpc) is 2.74. The maximum atomic E-state index is 13.7. The van der Waals surface area contributed by atoms with Crippen LogP contribution in [0, 0.1) is 5.82 Å². The van der Waals surface area contributed by atoms with Gasteiger partial charge in [0.25, 0.3) is 5.56 Å². The zero-order valence-electron chi connectivity index (χ0n) is 17.5. The summed E-state index contributed by atoms with van der Waals surface area (Å²) in [4.78, 5) is 18.0. The van der Waals surface area contributed by atoms with Crippen molar-refractivity contribution in [2.24, 2.45) is 0 Å². The van der Waals surface area contributed by atoms with Gasteiger partial charge in [-0.1, -0.05) is 80.5 Å². The molecule has 0 bridgehead atoms. The summed E-state index contributed by atoms with van der Waals surface area (Å²) in [7, 11) is 0. The number of nitrogens with zero attached hydrogens (tertiary/aromatic N) is 2. The van der Waals surface area contributed by atoms with Gasteiger partial charge < -0.3 is 0 Å². The van der Waals surface area contributed by atoms with Gasteiger partial charge in [0.2, 0.25) is 0 Å². The van der Waals surface area contributed by atoms with Crippen LogP contribution in [0.2, 0.25) is 5.02 Å². The van der Waals surface area contributed by atoms with Crippen molar-refractivity contribution in [2.45, 2.75) is 37.1 Å². The number of para-hydroxylation sites is 1. The first-order chi connectivity index (χ1) is 14.7. The molecule has 3 aromatic carbocycles. The van der Waals surface area contributed by atoms with Crippen LogP contribution in [0.1, 0.15) is 31.9 Å². The number of halogens is 2. The molecular weight excluding hydrogens is 431 g/mol. The van der Waals surface area contributed by atoms with Gasteiger partial charge in [0.1, 0.15) is 5.82 Å². The number of hydrogen-bond acceptors (Lipinski definition) is 3. The van der Waals surface area contributed by atoms with E-state index in [4.69, 9.17) is 16.6 Å². The van der Waals surface area contributed by atoms with Crippen molar-refractivity contribution in [1.29, 1.82) is 0 Å². The first-order valence-corrected chi connectivity index (χ1v) is 11.3. The van der Waals surface area contributed by atoms with Gasteiger partial charge in [-0.15, -0.1) is 0 Å². The summed E-state index contributed by atoms with van der Waals surface area (Å²) in [5, 5.41) is 0.999. The van der Waals surface area contributed by atoms with E-state index in [2.05, 4.69) is 45.0 Å². The maximum absolute atomic E-state index is 13.7. The third kappa shape index (κ3) is 4.53. The predicted octanol–water partition coefficient (Wildman–Crippen LogP) is 6.77. The van der Waals surface area contributed by atoms with Crippen LogP contribution in [0.5, 0.6) is 0 Å². The van der Waals surface area contributed by atoms with Crippen molar-refractivity contribution >= 4 is 34.3 Å². The molecule has 4 aromatic rings. The van der Waals surface area contributed by atoms with E-state index in [-0.39, 0.29) is 16.0 Å². The number of aromatic nitrogens is 2. The summed E-state index contributed by atoms with van der Waals surface area (Å²) in [5.41, 5.74) is 3.39. The minimum atomic E-state index is -0.527. The Bertz CT molecular complexity index is 1310. The van der Waals surface area contributed by atoms with Gasteiger partial charge in [0.15, 0.2) is 5.16 Å². The maximum Gasteiger partial charge on any atom is 0.266 e. The van der Waals surface area contributed by atoms with Crippen LogP contribution in [0.4, 0.5) is 4.39 Å². The fraction of sp³-hybridized carbons (Fsp3) is 0.200. The van der Waals surface area contributed by atoms with E-state index in [0.717, 1.165) is 5.56 Å². The Morgan fingerprint density at radius 3 is 2.42 bits per heavy atom. The van der Waals surface area contributed by atoms with E-state index in [0.29, 0.717) is 27.5 Å². The van der Waals surface area contributed by atoms with Gasteiger partial charge in [0.05, 0.1) is 21.6 Å². The number of fused-ring (bicyclic) bond motifs is 1. The zero-order chi connectivity index (χ0) is 22.2. The van der Waals surface area contributed by atoms with Crippen LogP contribution >= 0.6 is 23.4 Å². The van der Waals surface area contributed by atoms with Crippen LogP contribution in [-0.4, -0.2) is 9.55 Å². The minimum Gasteiger partial charge on any atom is -0.268 e. The number of benzene rings is 3. The molecule has 0 radical (unpaired) electrons. The molecule has 0 aliphatic heterocycles. The lowest BCUT2D eigenvalue weighted by molar-refractivity contribution is 0.590. The molecule has 4 rings (SSSR count). The SMILES string of the molecule is CC(C)(C)c1ccc(CSc2nc3ccccc3c(=O)n2-c2ccc(F)c(Cl)c2)cc1. The van der Waals surface area contributed by atoms with E-state index in [1.54, 1.807) is 18.2 Å². The molecule has 6 heteroatoms. The molecule has 0 saturated carbocycles. The Hall–Kier alpha value is -2.63. The van der Waals surface area contributed by atoms with Crippen molar-refractivity contribution in [3.63, 3.8) is 0 Å². The van der Waals surface area contributed by atoms with Crippen molar-refractivity contribution < 1.29 is 4.39 Å². The number of rotatable bonds is 4. The molecule has 31 heavy (non-hydrogen) atoms. The molecule has 0 aliphatic rings. The van der Waals surface area contributed by atoms with Crippen LogP contribution in [-0.2, 0) is 11.2 Å². The van der Waals surface area contributed by atoms with Crippen LogP contribution in [0.15, 0.2) is 76.7 Å². The molecule has 0 fully saturated rings. The molecule has 0 saturated heterocycles. The van der Waals surface area contributed by atoms with Crippen molar-refractivity contribution in [3.8, 4) is 5.69 Å². The zero-order valence-corrected chi connectivity index (χ0v) is 19.1. The van der Waals surface area contributed by atoms with Gasteiger partial charge in [0, 0.05) is 5.75 Å². The normalized spacial score (nSPS) is 11.8. The highest BCUT2D eigenvalue weighted by Gasteiger charge is 2.16. The quantitative estimate of drug-likeness (QED) is 0.253. The Labute approximate surface area is 189 Å². The largest absolute Gasteiger partial charge is 0.268 e. The fourth-order valence-electron chi connectivity index (χ4n) is 3.31. The highest BCUT2D eigenvalue weighted by molar-refractivity contribution is 7.98. The molecule has 1 heterocycles. The van der Waals surface area contributed by atoms with Crippen molar-refractivity contribution in [1.82, 2.24) is 9.55 Å². The third-order valence-electron chi connectivity index (χ3n) is 5.09.